The highest BCUT2D eigenvalue weighted by Crippen LogP contribution is 2.30. The molecule has 0 saturated heterocycles. The number of aliphatic hydroxyl groups is 1. The summed E-state index contributed by atoms with van der Waals surface area (Å²) in [5.41, 5.74) is 5.71. The second-order valence-electron chi connectivity index (χ2n) is 3.74. The van der Waals surface area contributed by atoms with E-state index >= 15 is 0 Å². The zero-order valence-electron chi connectivity index (χ0n) is 10.1. The first-order valence-corrected chi connectivity index (χ1v) is 5.27. The molecule has 0 aromatic heterocycles. The number of carbonyl (C=O) groups excluding carboxylic acids is 1. The van der Waals surface area contributed by atoms with Gasteiger partial charge in [-0.15, -0.1) is 0 Å². The fraction of sp³-hybridized carbons (Fsp3) is 0.417. The summed E-state index contributed by atoms with van der Waals surface area (Å²) < 4.78 is 10.4. The molecule has 1 amide bonds. The summed E-state index contributed by atoms with van der Waals surface area (Å²) in [5, 5.41) is 9.58. The van der Waals surface area contributed by atoms with Crippen molar-refractivity contribution in [3.8, 4) is 11.5 Å². The van der Waals surface area contributed by atoms with E-state index in [2.05, 4.69) is 0 Å². The normalized spacial score (nSPS) is 13.9. The number of ether oxygens (including phenoxy) is 2. The molecule has 0 spiro atoms. The maximum atomic E-state index is 10.9. The molecule has 0 saturated carbocycles. The molecule has 1 aromatic rings. The largest absolute Gasteiger partial charge is 0.497 e. The number of methoxy groups -OCH3 is 1. The highest BCUT2D eigenvalue weighted by atomic mass is 16.5. The highest BCUT2D eigenvalue weighted by Gasteiger charge is 2.16. The maximum Gasteiger partial charge on any atom is 0.258 e. The van der Waals surface area contributed by atoms with E-state index in [4.69, 9.17) is 15.2 Å². The van der Waals surface area contributed by atoms with Gasteiger partial charge in [0.05, 0.1) is 13.2 Å². The predicted molar refractivity (Wildman–Crippen MR) is 62.9 cm³/mol. The summed E-state index contributed by atoms with van der Waals surface area (Å²) in [6.07, 6.45) is -1.46. The van der Waals surface area contributed by atoms with Crippen LogP contribution in [0.25, 0.3) is 0 Å². The fourth-order valence-electron chi connectivity index (χ4n) is 1.34. The lowest BCUT2D eigenvalue weighted by Crippen LogP contribution is -2.31. The third-order valence-electron chi connectivity index (χ3n) is 2.38. The smallest absolute Gasteiger partial charge is 0.258 e. The average molecular weight is 239 g/mol. The number of aliphatic hydroxyl groups excluding tert-OH is 1. The third kappa shape index (κ3) is 3.35. The second kappa shape index (κ2) is 5.54. The van der Waals surface area contributed by atoms with Gasteiger partial charge in [0.15, 0.2) is 6.10 Å². The van der Waals surface area contributed by atoms with E-state index in [1.54, 1.807) is 32.0 Å². The molecule has 0 aliphatic rings. The molecule has 0 heterocycles. The monoisotopic (exact) mass is 239 g/mol. The molecule has 94 valence electrons. The van der Waals surface area contributed by atoms with Crippen molar-refractivity contribution in [3.63, 3.8) is 0 Å². The van der Waals surface area contributed by atoms with Crippen LogP contribution in [-0.2, 0) is 4.79 Å². The summed E-state index contributed by atoms with van der Waals surface area (Å²) in [5.74, 6) is 0.413. The molecule has 5 nitrogen and oxygen atoms in total. The Balaban J connectivity index is 3.04. The van der Waals surface area contributed by atoms with Gasteiger partial charge in [0, 0.05) is 11.6 Å². The van der Waals surface area contributed by atoms with Gasteiger partial charge in [-0.2, -0.15) is 0 Å². The van der Waals surface area contributed by atoms with Crippen LogP contribution in [0.1, 0.15) is 25.5 Å². The van der Waals surface area contributed by atoms with E-state index in [1.165, 1.54) is 7.11 Å². The van der Waals surface area contributed by atoms with Gasteiger partial charge in [-0.1, -0.05) is 0 Å². The average Bonchev–Trinajstić information content (AvgIpc) is 2.28. The van der Waals surface area contributed by atoms with Crippen molar-refractivity contribution in [3.05, 3.63) is 23.8 Å². The molecule has 1 unspecified atom stereocenters. The first-order valence-electron chi connectivity index (χ1n) is 5.27. The Kier molecular flexibility index (Phi) is 4.34. The molecule has 17 heavy (non-hydrogen) atoms. The SMILES string of the molecule is COc1ccc([C@@H](C)O)c(OC(C)C(N)=O)c1. The Bertz CT molecular complexity index is 403. The second-order valence-corrected chi connectivity index (χ2v) is 3.74. The fourth-order valence-corrected chi connectivity index (χ4v) is 1.34. The van der Waals surface area contributed by atoms with Gasteiger partial charge in [-0.25, -0.2) is 0 Å². The summed E-state index contributed by atoms with van der Waals surface area (Å²) in [6, 6.07) is 5.01. The van der Waals surface area contributed by atoms with Crippen LogP contribution in [0.2, 0.25) is 0 Å². The standard InChI is InChI=1S/C12H17NO4/c1-7(14)10-5-4-9(16-3)6-11(10)17-8(2)12(13)15/h4-8,14H,1-3H3,(H2,13,15)/t7-,8?/m1/s1. The molecule has 0 fully saturated rings. The first-order chi connectivity index (χ1) is 7.95. The van der Waals surface area contributed by atoms with E-state index in [1.807, 2.05) is 0 Å². The Hall–Kier alpha value is -1.75. The Labute approximate surface area is 100 Å². The molecule has 0 aliphatic heterocycles. The molecule has 0 bridgehead atoms. The van der Waals surface area contributed by atoms with Gasteiger partial charge in [0.1, 0.15) is 11.5 Å². The molecular weight excluding hydrogens is 222 g/mol. The van der Waals surface area contributed by atoms with Gasteiger partial charge in [-0.3, -0.25) is 4.79 Å². The van der Waals surface area contributed by atoms with Crippen molar-refractivity contribution in [2.75, 3.05) is 7.11 Å². The molecule has 0 aliphatic carbocycles. The molecule has 5 heteroatoms. The Morgan fingerprint density at radius 3 is 2.53 bits per heavy atom. The van der Waals surface area contributed by atoms with E-state index in [9.17, 15) is 9.90 Å². The number of amides is 1. The number of rotatable bonds is 5. The minimum Gasteiger partial charge on any atom is -0.497 e. The van der Waals surface area contributed by atoms with Crippen LogP contribution in [0.15, 0.2) is 18.2 Å². The number of benzene rings is 1. The topological polar surface area (TPSA) is 81.8 Å². The molecule has 3 N–H and O–H groups in total. The summed E-state index contributed by atoms with van der Waals surface area (Å²) >= 11 is 0. The summed E-state index contributed by atoms with van der Waals surface area (Å²) in [7, 11) is 1.53. The van der Waals surface area contributed by atoms with E-state index in [0.717, 1.165) is 0 Å². The van der Waals surface area contributed by atoms with E-state index in [0.29, 0.717) is 17.1 Å². The molecule has 1 aromatic carbocycles. The number of nitrogens with two attached hydrogens (primary N) is 1. The quantitative estimate of drug-likeness (QED) is 0.803. The van der Waals surface area contributed by atoms with Crippen molar-refractivity contribution < 1.29 is 19.4 Å². The van der Waals surface area contributed by atoms with Crippen molar-refractivity contribution in [1.82, 2.24) is 0 Å². The molecular formula is C12H17NO4. The van der Waals surface area contributed by atoms with Crippen LogP contribution < -0.4 is 15.2 Å². The molecule has 0 radical (unpaired) electrons. The zero-order chi connectivity index (χ0) is 13.0. The first kappa shape index (κ1) is 13.3. The minimum atomic E-state index is -0.764. The van der Waals surface area contributed by atoms with Gasteiger partial charge in [0.2, 0.25) is 0 Å². The van der Waals surface area contributed by atoms with Crippen LogP contribution in [-0.4, -0.2) is 24.2 Å². The summed E-state index contributed by atoms with van der Waals surface area (Å²) in [4.78, 5) is 10.9. The van der Waals surface area contributed by atoms with Crippen LogP contribution >= 0.6 is 0 Å². The van der Waals surface area contributed by atoms with Gasteiger partial charge in [0.25, 0.3) is 5.91 Å². The number of primary amides is 1. The van der Waals surface area contributed by atoms with Gasteiger partial charge < -0.3 is 20.3 Å². The lowest BCUT2D eigenvalue weighted by atomic mass is 10.1. The number of carbonyl (C=O) groups is 1. The van der Waals surface area contributed by atoms with E-state index < -0.39 is 18.1 Å². The van der Waals surface area contributed by atoms with Gasteiger partial charge >= 0.3 is 0 Å². The number of hydrogen-bond donors (Lipinski definition) is 2. The highest BCUT2D eigenvalue weighted by molar-refractivity contribution is 5.78. The van der Waals surface area contributed by atoms with Crippen molar-refractivity contribution in [2.45, 2.75) is 26.1 Å². The predicted octanol–water partition coefficient (Wildman–Crippen LogP) is 1.00. The van der Waals surface area contributed by atoms with Crippen LogP contribution in [0.5, 0.6) is 11.5 Å². The third-order valence-corrected chi connectivity index (χ3v) is 2.38. The zero-order valence-corrected chi connectivity index (χ0v) is 10.1. The van der Waals surface area contributed by atoms with Crippen molar-refractivity contribution in [1.29, 1.82) is 0 Å². The maximum absolute atomic E-state index is 10.9. The minimum absolute atomic E-state index is 0.394. The Morgan fingerprint density at radius 1 is 1.41 bits per heavy atom. The van der Waals surface area contributed by atoms with Gasteiger partial charge in [-0.05, 0) is 26.0 Å². The summed E-state index contributed by atoms with van der Waals surface area (Å²) in [6.45, 7) is 3.16. The Morgan fingerprint density at radius 2 is 2.06 bits per heavy atom. The van der Waals surface area contributed by atoms with Crippen molar-refractivity contribution >= 4 is 5.91 Å². The number of hydrogen-bond acceptors (Lipinski definition) is 4. The van der Waals surface area contributed by atoms with E-state index in [-0.39, 0.29) is 0 Å². The lowest BCUT2D eigenvalue weighted by Gasteiger charge is -2.17. The lowest BCUT2D eigenvalue weighted by molar-refractivity contribution is -0.124. The van der Waals surface area contributed by atoms with Crippen LogP contribution in [0, 0.1) is 0 Å². The van der Waals surface area contributed by atoms with Crippen molar-refractivity contribution in [2.24, 2.45) is 5.73 Å². The van der Waals surface area contributed by atoms with Crippen LogP contribution in [0.4, 0.5) is 0 Å². The molecule has 1 rings (SSSR count). The molecule has 2 atom stereocenters. The van der Waals surface area contributed by atoms with Crippen LogP contribution in [0.3, 0.4) is 0 Å².